The second kappa shape index (κ2) is 10.2. The molecule has 29 heavy (non-hydrogen) atoms. The van der Waals surface area contributed by atoms with Gasteiger partial charge in [-0.2, -0.15) is 5.10 Å². The Morgan fingerprint density at radius 3 is 2.79 bits per heavy atom. The number of nitrogens with zero attached hydrogens (tertiary/aromatic N) is 4. The fourth-order valence-electron chi connectivity index (χ4n) is 3.62. The number of benzene rings is 1. The van der Waals surface area contributed by atoms with Gasteiger partial charge in [0.1, 0.15) is 11.5 Å². The minimum Gasteiger partial charge on any atom is -0.497 e. The lowest BCUT2D eigenvalue weighted by Gasteiger charge is -2.22. The summed E-state index contributed by atoms with van der Waals surface area (Å²) in [7, 11) is 5.65. The molecule has 0 saturated heterocycles. The summed E-state index contributed by atoms with van der Waals surface area (Å²) in [6.07, 6.45) is 8.94. The highest BCUT2D eigenvalue weighted by Gasteiger charge is 2.18. The smallest absolute Gasteiger partial charge is 0.194 e. The van der Waals surface area contributed by atoms with Crippen molar-refractivity contribution in [1.82, 2.24) is 20.0 Å². The number of methoxy groups -OCH3 is 1. The van der Waals surface area contributed by atoms with Gasteiger partial charge in [-0.3, -0.25) is 4.68 Å². The van der Waals surface area contributed by atoms with Crippen molar-refractivity contribution in [2.45, 2.75) is 51.8 Å². The molecule has 1 aromatic heterocycles. The molecular weight excluding hydrogens is 366 g/mol. The summed E-state index contributed by atoms with van der Waals surface area (Å²) in [6.45, 7) is 4.18. The molecule has 0 aliphatic heterocycles. The van der Waals surface area contributed by atoms with Crippen LogP contribution in [0.15, 0.2) is 35.6 Å². The van der Waals surface area contributed by atoms with Crippen LogP contribution in [0.4, 0.5) is 0 Å². The molecule has 158 valence electrons. The first kappa shape index (κ1) is 21.0. The minimum absolute atomic E-state index is 0.298. The molecule has 0 atom stereocenters. The van der Waals surface area contributed by atoms with Crippen LogP contribution >= 0.6 is 0 Å². The highest BCUT2D eigenvalue weighted by molar-refractivity contribution is 5.79. The van der Waals surface area contributed by atoms with Crippen LogP contribution in [0.5, 0.6) is 11.5 Å². The van der Waals surface area contributed by atoms with E-state index in [0.29, 0.717) is 12.6 Å². The molecule has 0 amide bonds. The van der Waals surface area contributed by atoms with E-state index in [1.165, 1.54) is 12.8 Å². The molecule has 2 aromatic rings. The van der Waals surface area contributed by atoms with Crippen molar-refractivity contribution >= 4 is 5.96 Å². The summed E-state index contributed by atoms with van der Waals surface area (Å²) in [5, 5.41) is 7.62. The van der Waals surface area contributed by atoms with E-state index >= 15 is 0 Å². The van der Waals surface area contributed by atoms with Gasteiger partial charge in [0.25, 0.3) is 0 Å². The average molecular weight is 400 g/mol. The van der Waals surface area contributed by atoms with Gasteiger partial charge in [-0.1, -0.05) is 0 Å². The number of rotatable bonds is 8. The Morgan fingerprint density at radius 1 is 1.34 bits per heavy atom. The van der Waals surface area contributed by atoms with Crippen molar-refractivity contribution in [3.63, 3.8) is 0 Å². The molecule has 1 N–H and O–H groups in total. The monoisotopic (exact) mass is 399 g/mol. The minimum atomic E-state index is 0.298. The van der Waals surface area contributed by atoms with E-state index in [4.69, 9.17) is 14.5 Å². The Balaban J connectivity index is 1.74. The van der Waals surface area contributed by atoms with Crippen molar-refractivity contribution in [2.24, 2.45) is 12.0 Å². The first-order valence-corrected chi connectivity index (χ1v) is 10.4. The standard InChI is InChI=1S/C22H33N5O2/c1-5-23-22(26(2)15-17-13-25-27(3)16-17)24-14-18-10-11-20(28-4)12-21(18)29-19-8-6-7-9-19/h10-13,16,19H,5-9,14-15H2,1-4H3,(H,23,24). The van der Waals surface area contributed by atoms with Crippen LogP contribution in [0.3, 0.4) is 0 Å². The van der Waals surface area contributed by atoms with Crippen molar-refractivity contribution in [1.29, 1.82) is 0 Å². The predicted molar refractivity (Wildman–Crippen MR) is 115 cm³/mol. The Hall–Kier alpha value is -2.70. The van der Waals surface area contributed by atoms with E-state index in [-0.39, 0.29) is 0 Å². The lowest BCUT2D eigenvalue weighted by Crippen LogP contribution is -2.38. The van der Waals surface area contributed by atoms with Crippen molar-refractivity contribution in [3.8, 4) is 11.5 Å². The van der Waals surface area contributed by atoms with Crippen molar-refractivity contribution < 1.29 is 9.47 Å². The van der Waals surface area contributed by atoms with Crippen molar-refractivity contribution in [3.05, 3.63) is 41.7 Å². The molecule has 0 bridgehead atoms. The maximum atomic E-state index is 6.31. The van der Waals surface area contributed by atoms with E-state index < -0.39 is 0 Å². The zero-order valence-electron chi connectivity index (χ0n) is 18.0. The molecule has 1 heterocycles. The molecule has 7 nitrogen and oxygen atoms in total. The van der Waals surface area contributed by atoms with Crippen LogP contribution in [0.25, 0.3) is 0 Å². The average Bonchev–Trinajstić information content (AvgIpc) is 3.37. The Kier molecular flexibility index (Phi) is 7.38. The molecule has 1 aromatic carbocycles. The lowest BCUT2D eigenvalue weighted by molar-refractivity contribution is 0.207. The van der Waals surface area contributed by atoms with E-state index in [2.05, 4.69) is 28.3 Å². The van der Waals surface area contributed by atoms with E-state index in [0.717, 1.165) is 54.5 Å². The zero-order chi connectivity index (χ0) is 20.6. The zero-order valence-corrected chi connectivity index (χ0v) is 18.0. The molecule has 1 aliphatic rings. The molecule has 1 aliphatic carbocycles. The van der Waals surface area contributed by atoms with Crippen LogP contribution in [-0.4, -0.2) is 47.4 Å². The number of aromatic nitrogens is 2. The quantitative estimate of drug-likeness (QED) is 0.545. The number of aliphatic imine (C=N–C) groups is 1. The maximum absolute atomic E-state index is 6.31. The topological polar surface area (TPSA) is 63.9 Å². The third-order valence-corrected chi connectivity index (χ3v) is 5.14. The molecule has 1 fully saturated rings. The van der Waals surface area contributed by atoms with Gasteiger partial charge in [0.2, 0.25) is 0 Å². The number of ether oxygens (including phenoxy) is 2. The lowest BCUT2D eigenvalue weighted by atomic mass is 10.2. The molecule has 1 saturated carbocycles. The van der Waals surface area contributed by atoms with Gasteiger partial charge in [-0.05, 0) is 44.7 Å². The summed E-state index contributed by atoms with van der Waals surface area (Å²) in [5.74, 6) is 2.55. The number of aryl methyl sites for hydroxylation is 1. The van der Waals surface area contributed by atoms with Gasteiger partial charge in [-0.15, -0.1) is 0 Å². The summed E-state index contributed by atoms with van der Waals surface area (Å²) in [4.78, 5) is 6.97. The Morgan fingerprint density at radius 2 is 2.14 bits per heavy atom. The van der Waals surface area contributed by atoms with Crippen LogP contribution in [-0.2, 0) is 20.1 Å². The van der Waals surface area contributed by atoms with E-state index in [9.17, 15) is 0 Å². The third kappa shape index (κ3) is 5.89. The maximum Gasteiger partial charge on any atom is 0.194 e. The number of hydrogen-bond donors (Lipinski definition) is 1. The molecule has 0 spiro atoms. The van der Waals surface area contributed by atoms with Gasteiger partial charge in [-0.25, -0.2) is 4.99 Å². The number of guanidine groups is 1. The third-order valence-electron chi connectivity index (χ3n) is 5.14. The fourth-order valence-corrected chi connectivity index (χ4v) is 3.62. The molecule has 3 rings (SSSR count). The van der Waals surface area contributed by atoms with Gasteiger partial charge in [0.15, 0.2) is 5.96 Å². The summed E-state index contributed by atoms with van der Waals surface area (Å²) >= 11 is 0. The number of nitrogens with one attached hydrogen (secondary N) is 1. The van der Waals surface area contributed by atoms with Gasteiger partial charge < -0.3 is 19.7 Å². The second-order valence-electron chi connectivity index (χ2n) is 7.55. The number of hydrogen-bond acceptors (Lipinski definition) is 4. The highest BCUT2D eigenvalue weighted by atomic mass is 16.5. The van der Waals surface area contributed by atoms with Crippen LogP contribution in [0.1, 0.15) is 43.7 Å². The SMILES string of the molecule is CCNC(=NCc1ccc(OC)cc1OC1CCCC1)N(C)Cc1cnn(C)c1. The predicted octanol–water partition coefficient (Wildman–Crippen LogP) is 3.35. The highest BCUT2D eigenvalue weighted by Crippen LogP contribution is 2.30. The normalized spacial score (nSPS) is 14.8. The van der Waals surface area contributed by atoms with E-state index in [1.807, 2.05) is 43.3 Å². The fraction of sp³-hybridized carbons (Fsp3) is 0.545. The van der Waals surface area contributed by atoms with Crippen LogP contribution < -0.4 is 14.8 Å². The molecule has 0 unspecified atom stereocenters. The summed E-state index contributed by atoms with van der Waals surface area (Å²) in [5.41, 5.74) is 2.22. The summed E-state index contributed by atoms with van der Waals surface area (Å²) < 4.78 is 13.5. The van der Waals surface area contributed by atoms with Crippen LogP contribution in [0.2, 0.25) is 0 Å². The first-order chi connectivity index (χ1) is 14.1. The molecule has 0 radical (unpaired) electrons. The molecular formula is C22H33N5O2. The Bertz CT molecular complexity index is 811. The largest absolute Gasteiger partial charge is 0.497 e. The Labute approximate surface area is 173 Å². The first-order valence-electron chi connectivity index (χ1n) is 10.4. The van der Waals surface area contributed by atoms with Crippen molar-refractivity contribution in [2.75, 3.05) is 20.7 Å². The molecule has 7 heteroatoms. The van der Waals surface area contributed by atoms with Gasteiger partial charge in [0.05, 0.1) is 26.0 Å². The van der Waals surface area contributed by atoms with E-state index in [1.54, 1.807) is 7.11 Å². The van der Waals surface area contributed by atoms with Gasteiger partial charge >= 0.3 is 0 Å². The second-order valence-corrected chi connectivity index (χ2v) is 7.55. The van der Waals surface area contributed by atoms with Gasteiger partial charge in [0, 0.05) is 50.6 Å². The van der Waals surface area contributed by atoms with Crippen LogP contribution in [0, 0.1) is 0 Å². The summed E-state index contributed by atoms with van der Waals surface area (Å²) in [6, 6.07) is 6.01.